The topological polar surface area (TPSA) is 95.1 Å². The van der Waals surface area contributed by atoms with E-state index in [1.807, 2.05) is 56.3 Å². The Kier molecular flexibility index (Phi) is 5.66. The summed E-state index contributed by atoms with van der Waals surface area (Å²) in [5, 5.41) is 11.6. The summed E-state index contributed by atoms with van der Waals surface area (Å²) in [6, 6.07) is 13.3. The van der Waals surface area contributed by atoms with Crippen molar-refractivity contribution >= 4 is 23.4 Å². The fraction of sp³-hybridized carbons (Fsp3) is 0.211. The van der Waals surface area contributed by atoms with Crippen LogP contribution < -0.4 is 15.9 Å². The number of aromatic nitrogens is 3. The number of para-hydroxylation sites is 1. The first-order valence-electron chi connectivity index (χ1n) is 8.33. The number of hydrogen-bond donors (Lipinski definition) is 2. The molecule has 0 saturated carbocycles. The number of carbonyl (C=O) groups excluding carboxylic acids is 1. The molecule has 7 nitrogen and oxygen atoms in total. The molecule has 0 fully saturated rings. The SMILES string of the molecule is COc1ccc(-c2nnc(SCC(=O)Nc3c(C)cccc3C)n2N)cc1. The van der Waals surface area contributed by atoms with Crippen LogP contribution in [-0.2, 0) is 4.79 Å². The second kappa shape index (κ2) is 8.13. The molecule has 0 bridgehead atoms. The van der Waals surface area contributed by atoms with Gasteiger partial charge in [0.15, 0.2) is 5.82 Å². The van der Waals surface area contributed by atoms with Gasteiger partial charge in [-0.1, -0.05) is 30.0 Å². The number of benzene rings is 2. The Balaban J connectivity index is 1.66. The number of thioether (sulfide) groups is 1. The lowest BCUT2D eigenvalue weighted by Crippen LogP contribution is -2.17. The van der Waals surface area contributed by atoms with Gasteiger partial charge in [0.1, 0.15) is 5.75 Å². The molecule has 3 rings (SSSR count). The Morgan fingerprint density at radius 3 is 2.44 bits per heavy atom. The summed E-state index contributed by atoms with van der Waals surface area (Å²) in [7, 11) is 1.61. The summed E-state index contributed by atoms with van der Waals surface area (Å²) in [6.45, 7) is 3.93. The number of ether oxygens (including phenoxy) is 1. The van der Waals surface area contributed by atoms with Crippen molar-refractivity contribution in [2.75, 3.05) is 24.0 Å². The number of nitrogen functional groups attached to an aromatic ring is 1. The van der Waals surface area contributed by atoms with Gasteiger partial charge in [-0.3, -0.25) is 4.79 Å². The molecule has 0 aliphatic rings. The molecule has 0 atom stereocenters. The molecule has 0 aliphatic heterocycles. The van der Waals surface area contributed by atoms with Gasteiger partial charge in [0.25, 0.3) is 0 Å². The second-order valence-electron chi connectivity index (χ2n) is 6.01. The van der Waals surface area contributed by atoms with Crippen molar-refractivity contribution in [2.45, 2.75) is 19.0 Å². The van der Waals surface area contributed by atoms with Crippen molar-refractivity contribution in [3.05, 3.63) is 53.6 Å². The van der Waals surface area contributed by atoms with Crippen LogP contribution in [0.5, 0.6) is 5.75 Å². The van der Waals surface area contributed by atoms with E-state index in [1.165, 1.54) is 16.4 Å². The van der Waals surface area contributed by atoms with Crippen molar-refractivity contribution in [2.24, 2.45) is 0 Å². The molecule has 0 saturated heterocycles. The molecular formula is C19H21N5O2S. The molecule has 1 amide bonds. The normalized spacial score (nSPS) is 10.6. The summed E-state index contributed by atoms with van der Waals surface area (Å²) in [4.78, 5) is 12.3. The van der Waals surface area contributed by atoms with Gasteiger partial charge >= 0.3 is 0 Å². The number of hydrogen-bond acceptors (Lipinski definition) is 6. The third-order valence-electron chi connectivity index (χ3n) is 4.09. The van der Waals surface area contributed by atoms with Crippen LogP contribution in [0.1, 0.15) is 11.1 Å². The molecule has 2 aromatic carbocycles. The molecule has 140 valence electrons. The number of carbonyl (C=O) groups is 1. The van der Waals surface area contributed by atoms with E-state index in [9.17, 15) is 4.79 Å². The number of nitrogens with zero attached hydrogens (tertiary/aromatic N) is 3. The number of amides is 1. The minimum atomic E-state index is -0.119. The average Bonchev–Trinajstić information content (AvgIpc) is 3.04. The summed E-state index contributed by atoms with van der Waals surface area (Å²) in [6.07, 6.45) is 0. The summed E-state index contributed by atoms with van der Waals surface area (Å²) in [5.41, 5.74) is 3.71. The highest BCUT2D eigenvalue weighted by atomic mass is 32.2. The molecular weight excluding hydrogens is 362 g/mol. The number of aryl methyl sites for hydroxylation is 2. The van der Waals surface area contributed by atoms with Crippen molar-refractivity contribution in [3.8, 4) is 17.1 Å². The van der Waals surface area contributed by atoms with Crippen LogP contribution in [0.2, 0.25) is 0 Å². The van der Waals surface area contributed by atoms with E-state index in [2.05, 4.69) is 15.5 Å². The number of rotatable bonds is 6. The van der Waals surface area contributed by atoms with Crippen LogP contribution in [0.25, 0.3) is 11.4 Å². The lowest BCUT2D eigenvalue weighted by Gasteiger charge is -2.11. The Morgan fingerprint density at radius 1 is 1.15 bits per heavy atom. The van der Waals surface area contributed by atoms with E-state index in [0.717, 1.165) is 28.1 Å². The highest BCUT2D eigenvalue weighted by Gasteiger charge is 2.14. The minimum Gasteiger partial charge on any atom is -0.497 e. The van der Waals surface area contributed by atoms with Gasteiger partial charge in [0.2, 0.25) is 11.1 Å². The molecule has 3 aromatic rings. The lowest BCUT2D eigenvalue weighted by atomic mass is 10.1. The molecule has 1 aromatic heterocycles. The fourth-order valence-corrected chi connectivity index (χ4v) is 3.29. The third-order valence-corrected chi connectivity index (χ3v) is 5.03. The third kappa shape index (κ3) is 4.22. The zero-order chi connectivity index (χ0) is 19.4. The van der Waals surface area contributed by atoms with Crippen LogP contribution in [0.3, 0.4) is 0 Å². The smallest absolute Gasteiger partial charge is 0.234 e. The van der Waals surface area contributed by atoms with E-state index < -0.39 is 0 Å². The first kappa shape index (κ1) is 18.8. The van der Waals surface area contributed by atoms with Gasteiger partial charge in [-0.25, -0.2) is 4.68 Å². The Morgan fingerprint density at radius 2 is 1.81 bits per heavy atom. The largest absolute Gasteiger partial charge is 0.497 e. The predicted molar refractivity (Wildman–Crippen MR) is 107 cm³/mol. The predicted octanol–water partition coefficient (Wildman–Crippen LogP) is 3.02. The van der Waals surface area contributed by atoms with Gasteiger partial charge < -0.3 is 15.9 Å². The van der Waals surface area contributed by atoms with E-state index in [4.69, 9.17) is 10.6 Å². The van der Waals surface area contributed by atoms with E-state index >= 15 is 0 Å². The molecule has 0 radical (unpaired) electrons. The van der Waals surface area contributed by atoms with E-state index in [-0.39, 0.29) is 11.7 Å². The van der Waals surface area contributed by atoms with E-state index in [1.54, 1.807) is 7.11 Å². The number of nitrogens with two attached hydrogens (primary N) is 1. The van der Waals surface area contributed by atoms with Crippen LogP contribution in [-0.4, -0.2) is 33.6 Å². The van der Waals surface area contributed by atoms with Crippen molar-refractivity contribution < 1.29 is 9.53 Å². The average molecular weight is 383 g/mol. The minimum absolute atomic E-state index is 0.119. The molecule has 0 spiro atoms. The number of anilines is 1. The van der Waals surface area contributed by atoms with Crippen molar-refractivity contribution in [3.63, 3.8) is 0 Å². The zero-order valence-electron chi connectivity index (χ0n) is 15.4. The maximum absolute atomic E-state index is 12.3. The monoisotopic (exact) mass is 383 g/mol. The summed E-state index contributed by atoms with van der Waals surface area (Å²) in [5.74, 6) is 7.44. The fourth-order valence-electron chi connectivity index (χ4n) is 2.63. The molecule has 1 heterocycles. The van der Waals surface area contributed by atoms with Gasteiger partial charge in [-0.05, 0) is 49.2 Å². The Hall–Kier alpha value is -3.00. The first-order chi connectivity index (χ1) is 13.0. The van der Waals surface area contributed by atoms with Crippen LogP contribution in [0.4, 0.5) is 5.69 Å². The van der Waals surface area contributed by atoms with Gasteiger partial charge in [-0.15, -0.1) is 10.2 Å². The summed E-state index contributed by atoms with van der Waals surface area (Å²) < 4.78 is 6.54. The number of methoxy groups -OCH3 is 1. The highest BCUT2D eigenvalue weighted by molar-refractivity contribution is 7.99. The van der Waals surface area contributed by atoms with Crippen molar-refractivity contribution in [1.29, 1.82) is 0 Å². The first-order valence-corrected chi connectivity index (χ1v) is 9.32. The van der Waals surface area contributed by atoms with Crippen LogP contribution in [0, 0.1) is 13.8 Å². The molecule has 27 heavy (non-hydrogen) atoms. The van der Waals surface area contributed by atoms with Crippen LogP contribution >= 0.6 is 11.8 Å². The molecule has 0 unspecified atom stereocenters. The molecule has 3 N–H and O–H groups in total. The van der Waals surface area contributed by atoms with Gasteiger partial charge in [-0.2, -0.15) is 0 Å². The van der Waals surface area contributed by atoms with Gasteiger partial charge in [0, 0.05) is 11.3 Å². The molecule has 8 heteroatoms. The lowest BCUT2D eigenvalue weighted by molar-refractivity contribution is -0.113. The summed E-state index contributed by atoms with van der Waals surface area (Å²) >= 11 is 1.24. The number of nitrogens with one attached hydrogen (secondary N) is 1. The van der Waals surface area contributed by atoms with Crippen LogP contribution in [0.15, 0.2) is 47.6 Å². The van der Waals surface area contributed by atoms with E-state index in [0.29, 0.717) is 11.0 Å². The quantitative estimate of drug-likeness (QED) is 0.502. The Bertz CT molecular complexity index is 933. The standard InChI is InChI=1S/C19H21N5O2S/c1-12-5-4-6-13(2)17(12)21-16(25)11-27-19-23-22-18(24(19)20)14-7-9-15(26-3)10-8-14/h4-10H,11,20H2,1-3H3,(H,21,25). The van der Waals surface area contributed by atoms with Crippen molar-refractivity contribution in [1.82, 2.24) is 14.9 Å². The zero-order valence-corrected chi connectivity index (χ0v) is 16.2. The second-order valence-corrected chi connectivity index (χ2v) is 6.95. The molecule has 0 aliphatic carbocycles. The maximum atomic E-state index is 12.3. The highest BCUT2D eigenvalue weighted by Crippen LogP contribution is 2.24. The maximum Gasteiger partial charge on any atom is 0.234 e. The van der Waals surface area contributed by atoms with Gasteiger partial charge in [0.05, 0.1) is 12.9 Å². The Labute approximate surface area is 161 Å².